The number of nitrogens with one attached hydrogen (secondary N) is 2. The van der Waals surface area contributed by atoms with E-state index in [9.17, 15) is 9.59 Å². The molecule has 0 unspecified atom stereocenters. The first-order chi connectivity index (χ1) is 9.65. The van der Waals surface area contributed by atoms with Crippen molar-refractivity contribution in [2.45, 2.75) is 6.54 Å². The Hall–Kier alpha value is -2.62. The Morgan fingerprint density at radius 1 is 1.50 bits per heavy atom. The summed E-state index contributed by atoms with van der Waals surface area (Å²) in [6.07, 6.45) is 0. The van der Waals surface area contributed by atoms with Crippen LogP contribution in [0.3, 0.4) is 0 Å². The van der Waals surface area contributed by atoms with Crippen LogP contribution in [0.15, 0.2) is 16.2 Å². The van der Waals surface area contributed by atoms with Gasteiger partial charge in [-0.05, 0) is 16.7 Å². The fourth-order valence-electron chi connectivity index (χ4n) is 1.72. The maximum absolute atomic E-state index is 11.9. The number of rotatable bonds is 3. The van der Waals surface area contributed by atoms with Crippen molar-refractivity contribution in [3.8, 4) is 0 Å². The summed E-state index contributed by atoms with van der Waals surface area (Å²) in [6.45, 7) is 0.147. The number of hydrogen-bond acceptors (Lipinski definition) is 7. The second-order valence-electron chi connectivity index (χ2n) is 4.04. The zero-order valence-corrected chi connectivity index (χ0v) is 11.1. The van der Waals surface area contributed by atoms with Gasteiger partial charge in [0.2, 0.25) is 0 Å². The lowest BCUT2D eigenvalue weighted by molar-refractivity contribution is 0.0769. The SMILES string of the molecule is CN(Cc1nc2ccsc2c(=O)[nH]1)C(=O)c1nn[nH]n1. The Balaban J connectivity index is 1.85. The van der Waals surface area contributed by atoms with E-state index in [4.69, 9.17) is 0 Å². The van der Waals surface area contributed by atoms with E-state index in [0.29, 0.717) is 16.0 Å². The number of fused-ring (bicyclic) bond motifs is 1. The minimum atomic E-state index is -0.410. The fourth-order valence-corrected chi connectivity index (χ4v) is 2.44. The number of H-pyrrole nitrogens is 2. The highest BCUT2D eigenvalue weighted by Crippen LogP contribution is 2.14. The van der Waals surface area contributed by atoms with Crippen molar-refractivity contribution < 1.29 is 4.79 Å². The molecule has 0 bridgehead atoms. The van der Waals surface area contributed by atoms with Crippen molar-refractivity contribution in [1.82, 2.24) is 35.5 Å². The largest absolute Gasteiger partial charge is 0.331 e. The highest BCUT2D eigenvalue weighted by atomic mass is 32.1. The van der Waals surface area contributed by atoms with Crippen molar-refractivity contribution in [3.05, 3.63) is 33.4 Å². The van der Waals surface area contributed by atoms with Gasteiger partial charge in [-0.2, -0.15) is 5.21 Å². The zero-order valence-electron chi connectivity index (χ0n) is 10.3. The molecule has 102 valence electrons. The van der Waals surface area contributed by atoms with Gasteiger partial charge in [-0.1, -0.05) is 0 Å². The molecule has 3 aromatic rings. The summed E-state index contributed by atoms with van der Waals surface area (Å²) in [5.74, 6) is -0.0430. The number of nitrogens with zero attached hydrogens (tertiary/aromatic N) is 5. The normalized spacial score (nSPS) is 10.8. The highest BCUT2D eigenvalue weighted by Gasteiger charge is 2.17. The topological polar surface area (TPSA) is 121 Å². The van der Waals surface area contributed by atoms with Crippen LogP contribution in [0, 0.1) is 0 Å². The predicted molar refractivity (Wildman–Crippen MR) is 70.2 cm³/mol. The summed E-state index contributed by atoms with van der Waals surface area (Å²) < 4.78 is 0.570. The van der Waals surface area contributed by atoms with Gasteiger partial charge in [0.1, 0.15) is 10.5 Å². The van der Waals surface area contributed by atoms with Crippen LogP contribution in [0.5, 0.6) is 0 Å². The third-order valence-corrected chi connectivity index (χ3v) is 3.54. The standard InChI is InChI=1S/C10H9N7O2S/c1-17(10(19)8-13-15-16-14-8)4-6-11-5-2-3-20-7(5)9(18)12-6/h2-3H,4H2,1H3,(H,11,12,18)(H,13,14,15,16). The average Bonchev–Trinajstić information content (AvgIpc) is 3.08. The van der Waals surface area contributed by atoms with Gasteiger partial charge in [0.15, 0.2) is 0 Å². The van der Waals surface area contributed by atoms with Gasteiger partial charge in [0, 0.05) is 7.05 Å². The first kappa shape index (κ1) is 12.4. The van der Waals surface area contributed by atoms with E-state index in [1.54, 1.807) is 18.5 Å². The molecule has 0 aliphatic carbocycles. The molecule has 0 spiro atoms. The lowest BCUT2D eigenvalue weighted by Crippen LogP contribution is -2.29. The van der Waals surface area contributed by atoms with E-state index in [0.717, 1.165) is 0 Å². The highest BCUT2D eigenvalue weighted by molar-refractivity contribution is 7.17. The number of hydrogen-bond donors (Lipinski definition) is 2. The van der Waals surface area contributed by atoms with E-state index in [1.165, 1.54) is 16.2 Å². The number of thiophene rings is 1. The molecule has 0 aromatic carbocycles. The van der Waals surface area contributed by atoms with Crippen LogP contribution in [0.1, 0.15) is 16.4 Å². The summed E-state index contributed by atoms with van der Waals surface area (Å²) in [7, 11) is 1.57. The molecular formula is C10H9N7O2S. The molecule has 0 saturated carbocycles. The minimum Gasteiger partial charge on any atom is -0.331 e. The van der Waals surface area contributed by atoms with Gasteiger partial charge in [-0.25, -0.2) is 4.98 Å². The quantitative estimate of drug-likeness (QED) is 0.687. The Labute approximate surface area is 115 Å². The van der Waals surface area contributed by atoms with Crippen LogP contribution in [-0.2, 0) is 6.54 Å². The molecule has 10 heteroatoms. The van der Waals surface area contributed by atoms with Gasteiger partial charge in [-0.3, -0.25) is 9.59 Å². The molecule has 3 aromatic heterocycles. The van der Waals surface area contributed by atoms with Crippen molar-refractivity contribution in [1.29, 1.82) is 0 Å². The Kier molecular flexibility index (Phi) is 2.99. The van der Waals surface area contributed by atoms with Crippen molar-refractivity contribution >= 4 is 27.5 Å². The van der Waals surface area contributed by atoms with Gasteiger partial charge in [0.05, 0.1) is 12.1 Å². The minimum absolute atomic E-state index is 0.0357. The molecule has 20 heavy (non-hydrogen) atoms. The average molecular weight is 291 g/mol. The van der Waals surface area contributed by atoms with Crippen molar-refractivity contribution in [2.24, 2.45) is 0 Å². The van der Waals surface area contributed by atoms with Crippen molar-refractivity contribution in [2.75, 3.05) is 7.05 Å². The summed E-state index contributed by atoms with van der Waals surface area (Å²) in [5.41, 5.74) is 0.412. The number of amides is 1. The first-order valence-electron chi connectivity index (χ1n) is 5.60. The smallest absolute Gasteiger partial charge is 0.295 e. The lowest BCUT2D eigenvalue weighted by Gasteiger charge is -2.13. The Bertz CT molecular complexity index is 806. The number of tetrazole rings is 1. The van der Waals surface area contributed by atoms with E-state index < -0.39 is 5.91 Å². The third-order valence-electron chi connectivity index (χ3n) is 2.63. The van der Waals surface area contributed by atoms with E-state index in [2.05, 4.69) is 30.6 Å². The summed E-state index contributed by atoms with van der Waals surface area (Å²) in [6, 6.07) is 1.76. The molecule has 9 nitrogen and oxygen atoms in total. The third kappa shape index (κ3) is 2.16. The van der Waals surface area contributed by atoms with E-state index in [1.807, 2.05) is 0 Å². The molecule has 3 rings (SSSR count). The number of carbonyl (C=O) groups is 1. The second-order valence-corrected chi connectivity index (χ2v) is 4.96. The Morgan fingerprint density at radius 2 is 2.35 bits per heavy atom. The maximum atomic E-state index is 11.9. The molecule has 0 aliphatic rings. The van der Waals surface area contributed by atoms with Crippen LogP contribution >= 0.6 is 11.3 Å². The molecule has 0 aliphatic heterocycles. The molecule has 3 heterocycles. The fraction of sp³-hybridized carbons (Fsp3) is 0.200. The molecular weight excluding hydrogens is 282 g/mol. The molecule has 0 saturated heterocycles. The van der Waals surface area contributed by atoms with Crippen molar-refractivity contribution in [3.63, 3.8) is 0 Å². The van der Waals surface area contributed by atoms with E-state index >= 15 is 0 Å². The molecule has 0 atom stereocenters. The van der Waals surface area contributed by atoms with Gasteiger partial charge in [-0.15, -0.1) is 21.5 Å². The monoisotopic (exact) mass is 291 g/mol. The summed E-state index contributed by atoms with van der Waals surface area (Å²) in [4.78, 5) is 32.0. The summed E-state index contributed by atoms with van der Waals surface area (Å²) >= 11 is 1.33. The number of carbonyl (C=O) groups excluding carboxylic acids is 1. The van der Waals surface area contributed by atoms with Crippen LogP contribution in [-0.4, -0.2) is 48.4 Å². The van der Waals surface area contributed by atoms with Gasteiger partial charge < -0.3 is 9.88 Å². The molecule has 0 fully saturated rings. The molecule has 1 amide bonds. The lowest BCUT2D eigenvalue weighted by atomic mass is 10.4. The van der Waals surface area contributed by atoms with E-state index in [-0.39, 0.29) is 17.9 Å². The van der Waals surface area contributed by atoms with Crippen LogP contribution in [0.25, 0.3) is 10.2 Å². The summed E-state index contributed by atoms with van der Waals surface area (Å²) in [5, 5.41) is 14.5. The van der Waals surface area contributed by atoms with Crippen LogP contribution in [0.4, 0.5) is 0 Å². The Morgan fingerprint density at radius 3 is 3.10 bits per heavy atom. The van der Waals surface area contributed by atoms with Crippen LogP contribution in [0.2, 0.25) is 0 Å². The maximum Gasteiger partial charge on any atom is 0.295 e. The van der Waals surface area contributed by atoms with Crippen LogP contribution < -0.4 is 5.56 Å². The number of aromatic amines is 2. The predicted octanol–water partition coefficient (Wildman–Crippen LogP) is -0.230. The zero-order chi connectivity index (χ0) is 14.1. The van der Waals surface area contributed by atoms with Gasteiger partial charge in [0.25, 0.3) is 17.3 Å². The second kappa shape index (κ2) is 4.81. The molecule has 2 N–H and O–H groups in total. The molecule has 0 radical (unpaired) electrons. The number of aromatic nitrogens is 6. The van der Waals surface area contributed by atoms with Gasteiger partial charge >= 0.3 is 0 Å². The first-order valence-corrected chi connectivity index (χ1v) is 6.48.